The Morgan fingerprint density at radius 1 is 1.16 bits per heavy atom. The zero-order valence-electron chi connectivity index (χ0n) is 14.2. The van der Waals surface area contributed by atoms with Gasteiger partial charge in [0.2, 0.25) is 5.91 Å². The summed E-state index contributed by atoms with van der Waals surface area (Å²) < 4.78 is 6.44. The molecule has 0 saturated carbocycles. The molecule has 0 fully saturated rings. The first-order chi connectivity index (χ1) is 12.0. The van der Waals surface area contributed by atoms with Crippen LogP contribution in [0.25, 0.3) is 21.2 Å². The van der Waals surface area contributed by atoms with E-state index in [2.05, 4.69) is 27.6 Å². The van der Waals surface area contributed by atoms with E-state index in [0.29, 0.717) is 10.8 Å². The number of aromatic nitrogens is 2. The number of carbonyl (C=O) groups excluding carboxylic acids is 1. The molecule has 25 heavy (non-hydrogen) atoms. The largest absolute Gasteiger partial charge is 0.356 e. The van der Waals surface area contributed by atoms with Crippen LogP contribution in [0.5, 0.6) is 0 Å². The molecular formula is C19H17N3O2S. The summed E-state index contributed by atoms with van der Waals surface area (Å²) in [5.41, 5.74) is 5.62. The van der Waals surface area contributed by atoms with Crippen LogP contribution < -0.4 is 5.32 Å². The number of carbonyl (C=O) groups is 1. The van der Waals surface area contributed by atoms with Crippen molar-refractivity contribution in [3.8, 4) is 0 Å². The fraction of sp³-hybridized carbons (Fsp3) is 0.211. The lowest BCUT2D eigenvalue weighted by Crippen LogP contribution is -2.14. The Morgan fingerprint density at radius 3 is 2.84 bits per heavy atom. The number of thiazole rings is 1. The summed E-state index contributed by atoms with van der Waals surface area (Å²) in [6, 6.07) is 10.1. The molecular weight excluding hydrogens is 334 g/mol. The molecule has 4 aromatic rings. The summed E-state index contributed by atoms with van der Waals surface area (Å²) in [6.45, 7) is 6.05. The summed E-state index contributed by atoms with van der Waals surface area (Å²) in [4.78, 5) is 16.9. The fourth-order valence-electron chi connectivity index (χ4n) is 3.04. The quantitative estimate of drug-likeness (QED) is 0.588. The molecule has 1 N–H and O–H groups in total. The second-order valence-corrected chi connectivity index (χ2v) is 7.33. The first-order valence-corrected chi connectivity index (χ1v) is 8.84. The highest BCUT2D eigenvalue weighted by molar-refractivity contribution is 7.22. The highest BCUT2D eigenvalue weighted by Crippen LogP contribution is 2.28. The van der Waals surface area contributed by atoms with Gasteiger partial charge in [-0.2, -0.15) is 0 Å². The van der Waals surface area contributed by atoms with Gasteiger partial charge in [-0.15, -0.1) is 0 Å². The van der Waals surface area contributed by atoms with E-state index in [1.807, 2.05) is 39.0 Å². The van der Waals surface area contributed by atoms with Crippen LogP contribution in [-0.4, -0.2) is 16.0 Å². The zero-order chi connectivity index (χ0) is 17.6. The van der Waals surface area contributed by atoms with Crippen LogP contribution in [0.4, 0.5) is 5.13 Å². The maximum Gasteiger partial charge on any atom is 0.232 e. The number of nitrogens with one attached hydrogen (secondary N) is 1. The predicted octanol–water partition coefficient (Wildman–Crippen LogP) is 4.54. The third-order valence-corrected chi connectivity index (χ3v) is 5.04. The topological polar surface area (TPSA) is 68.0 Å². The van der Waals surface area contributed by atoms with Gasteiger partial charge in [0.15, 0.2) is 10.7 Å². The number of benzene rings is 2. The minimum Gasteiger partial charge on any atom is -0.356 e. The van der Waals surface area contributed by atoms with Gasteiger partial charge in [0, 0.05) is 5.39 Å². The van der Waals surface area contributed by atoms with Crippen LogP contribution in [0.1, 0.15) is 22.4 Å². The number of amides is 1. The number of hydrogen-bond acceptors (Lipinski definition) is 5. The van der Waals surface area contributed by atoms with Gasteiger partial charge in [0.05, 0.1) is 16.6 Å². The van der Waals surface area contributed by atoms with Gasteiger partial charge in [-0.05, 0) is 55.7 Å². The molecule has 0 aliphatic carbocycles. The van der Waals surface area contributed by atoms with E-state index in [1.54, 1.807) is 0 Å². The minimum absolute atomic E-state index is 0.147. The monoisotopic (exact) mass is 351 g/mol. The van der Waals surface area contributed by atoms with Crippen LogP contribution in [0.15, 0.2) is 34.9 Å². The summed E-state index contributed by atoms with van der Waals surface area (Å²) in [7, 11) is 0. The van der Waals surface area contributed by atoms with E-state index in [4.69, 9.17) is 4.52 Å². The van der Waals surface area contributed by atoms with Gasteiger partial charge in [-0.3, -0.25) is 4.79 Å². The van der Waals surface area contributed by atoms with Crippen molar-refractivity contribution in [2.45, 2.75) is 27.2 Å². The fourth-order valence-corrected chi connectivity index (χ4v) is 4.02. The van der Waals surface area contributed by atoms with Gasteiger partial charge < -0.3 is 9.84 Å². The van der Waals surface area contributed by atoms with Crippen molar-refractivity contribution in [3.05, 3.63) is 52.7 Å². The highest BCUT2D eigenvalue weighted by atomic mass is 32.1. The Bertz CT molecular complexity index is 1110. The van der Waals surface area contributed by atoms with Crippen LogP contribution in [0.2, 0.25) is 0 Å². The maximum absolute atomic E-state index is 12.4. The number of nitrogens with zero attached hydrogens (tertiary/aromatic N) is 2. The van der Waals surface area contributed by atoms with Crippen molar-refractivity contribution in [2.24, 2.45) is 0 Å². The van der Waals surface area contributed by atoms with Crippen molar-refractivity contribution >= 4 is 43.6 Å². The van der Waals surface area contributed by atoms with Gasteiger partial charge >= 0.3 is 0 Å². The summed E-state index contributed by atoms with van der Waals surface area (Å²) in [5, 5.41) is 8.47. The molecule has 1 amide bonds. The number of aryl methyl sites for hydroxylation is 3. The third kappa shape index (κ3) is 3.00. The van der Waals surface area contributed by atoms with E-state index in [-0.39, 0.29) is 12.3 Å². The Labute approximate surface area is 148 Å². The molecule has 6 heteroatoms. The molecule has 0 aliphatic heterocycles. The Balaban J connectivity index is 1.57. The standard InChI is InChI=1S/C19H17N3O2S/c1-10-4-5-13-16(8-10)25-19(20-13)21-17(23)9-14-18-12(3)6-11(2)7-15(18)24-22-14/h4-8H,9H2,1-3H3,(H,20,21,23). The number of anilines is 1. The number of rotatable bonds is 3. The molecule has 0 saturated heterocycles. The minimum atomic E-state index is -0.147. The lowest BCUT2D eigenvalue weighted by atomic mass is 10.0. The first kappa shape index (κ1) is 15.8. The second-order valence-electron chi connectivity index (χ2n) is 6.30. The molecule has 2 aromatic heterocycles. The molecule has 0 aliphatic rings. The molecule has 0 spiro atoms. The maximum atomic E-state index is 12.4. The lowest BCUT2D eigenvalue weighted by Gasteiger charge is -2.01. The van der Waals surface area contributed by atoms with Crippen molar-refractivity contribution in [1.29, 1.82) is 0 Å². The molecule has 0 unspecified atom stereocenters. The van der Waals surface area contributed by atoms with Crippen molar-refractivity contribution < 1.29 is 9.32 Å². The third-order valence-electron chi connectivity index (χ3n) is 4.10. The number of fused-ring (bicyclic) bond motifs is 2. The molecule has 4 rings (SSSR count). The van der Waals surface area contributed by atoms with E-state index in [9.17, 15) is 4.79 Å². The van der Waals surface area contributed by atoms with Gasteiger partial charge in [0.25, 0.3) is 0 Å². The molecule has 2 aromatic carbocycles. The predicted molar refractivity (Wildman–Crippen MR) is 100 cm³/mol. The SMILES string of the molecule is Cc1cc(C)c2c(CC(=O)Nc3nc4ccc(C)cc4s3)noc2c1. The highest BCUT2D eigenvalue weighted by Gasteiger charge is 2.16. The van der Waals surface area contributed by atoms with Gasteiger partial charge in [0.1, 0.15) is 5.69 Å². The normalized spacial score (nSPS) is 11.3. The molecule has 0 bridgehead atoms. The lowest BCUT2D eigenvalue weighted by molar-refractivity contribution is -0.115. The molecule has 2 heterocycles. The number of hydrogen-bond donors (Lipinski definition) is 1. The van der Waals surface area contributed by atoms with Crippen molar-refractivity contribution in [3.63, 3.8) is 0 Å². The van der Waals surface area contributed by atoms with E-state index < -0.39 is 0 Å². The van der Waals surface area contributed by atoms with Crippen LogP contribution in [0.3, 0.4) is 0 Å². The first-order valence-electron chi connectivity index (χ1n) is 8.02. The molecule has 126 valence electrons. The Morgan fingerprint density at radius 2 is 2.00 bits per heavy atom. The van der Waals surface area contributed by atoms with E-state index in [1.165, 1.54) is 16.9 Å². The smallest absolute Gasteiger partial charge is 0.232 e. The van der Waals surface area contributed by atoms with Crippen molar-refractivity contribution in [1.82, 2.24) is 10.1 Å². The zero-order valence-corrected chi connectivity index (χ0v) is 15.0. The molecule has 5 nitrogen and oxygen atoms in total. The van der Waals surface area contributed by atoms with Crippen molar-refractivity contribution in [2.75, 3.05) is 5.32 Å². The average molecular weight is 351 g/mol. The van der Waals surface area contributed by atoms with Gasteiger partial charge in [-0.25, -0.2) is 4.98 Å². The van der Waals surface area contributed by atoms with Crippen LogP contribution in [-0.2, 0) is 11.2 Å². The second kappa shape index (κ2) is 5.97. The average Bonchev–Trinajstić information content (AvgIpc) is 3.10. The van der Waals surface area contributed by atoms with E-state index in [0.717, 1.165) is 32.3 Å². The Hall–Kier alpha value is -2.73. The molecule has 0 radical (unpaired) electrons. The summed E-state index contributed by atoms with van der Waals surface area (Å²) >= 11 is 1.47. The van der Waals surface area contributed by atoms with E-state index >= 15 is 0 Å². The van der Waals surface area contributed by atoms with Gasteiger partial charge in [-0.1, -0.05) is 28.6 Å². The Kier molecular flexibility index (Phi) is 3.77. The summed E-state index contributed by atoms with van der Waals surface area (Å²) in [5.74, 6) is -0.147. The van der Waals surface area contributed by atoms with Crippen LogP contribution in [0, 0.1) is 20.8 Å². The summed E-state index contributed by atoms with van der Waals surface area (Å²) in [6.07, 6.45) is 0.159. The van der Waals surface area contributed by atoms with Crippen LogP contribution >= 0.6 is 11.3 Å². The molecule has 0 atom stereocenters.